The standard InChI is InChI=1S/C17H18F3N3O4S/c1-11-3-4-12(9-15(11)17(18,19)20)16(21)10-22(2)28(26,27)14-7-5-13(6-8-14)23(24)25/h3-9,16H,10,21H2,1-2H3/t16-/m0/s1. The van der Waals surface area contributed by atoms with Crippen LogP contribution in [0.2, 0.25) is 0 Å². The molecule has 11 heteroatoms. The summed E-state index contributed by atoms with van der Waals surface area (Å²) in [6.45, 7) is 1.04. The second-order valence-corrected chi connectivity index (χ2v) is 8.26. The molecule has 152 valence electrons. The number of benzene rings is 2. The summed E-state index contributed by atoms with van der Waals surface area (Å²) in [5.41, 5.74) is 5.02. The summed E-state index contributed by atoms with van der Waals surface area (Å²) in [4.78, 5) is 9.82. The Morgan fingerprint density at radius 2 is 1.75 bits per heavy atom. The van der Waals surface area contributed by atoms with E-state index in [2.05, 4.69) is 0 Å². The summed E-state index contributed by atoms with van der Waals surface area (Å²) in [6, 6.07) is 6.88. The van der Waals surface area contributed by atoms with Crippen LogP contribution < -0.4 is 5.73 Å². The molecule has 2 aromatic carbocycles. The van der Waals surface area contributed by atoms with Gasteiger partial charge in [-0.2, -0.15) is 17.5 Å². The van der Waals surface area contributed by atoms with Crippen LogP contribution in [-0.4, -0.2) is 31.2 Å². The zero-order valence-electron chi connectivity index (χ0n) is 15.0. The van der Waals surface area contributed by atoms with Gasteiger partial charge in [0.05, 0.1) is 15.4 Å². The summed E-state index contributed by atoms with van der Waals surface area (Å²) >= 11 is 0. The number of non-ortho nitro benzene ring substituents is 1. The van der Waals surface area contributed by atoms with Crippen molar-refractivity contribution in [3.63, 3.8) is 0 Å². The van der Waals surface area contributed by atoms with Crippen molar-refractivity contribution >= 4 is 15.7 Å². The molecule has 0 amide bonds. The number of nitrogens with zero attached hydrogens (tertiary/aromatic N) is 2. The Morgan fingerprint density at radius 3 is 2.25 bits per heavy atom. The van der Waals surface area contributed by atoms with Gasteiger partial charge in [0.2, 0.25) is 10.0 Å². The topological polar surface area (TPSA) is 107 Å². The van der Waals surface area contributed by atoms with Gasteiger partial charge in [-0.25, -0.2) is 8.42 Å². The van der Waals surface area contributed by atoms with Crippen molar-refractivity contribution in [1.29, 1.82) is 0 Å². The first-order valence-corrected chi connectivity index (χ1v) is 9.42. The Morgan fingerprint density at radius 1 is 1.18 bits per heavy atom. The first-order chi connectivity index (χ1) is 12.8. The van der Waals surface area contributed by atoms with E-state index in [9.17, 15) is 31.7 Å². The van der Waals surface area contributed by atoms with Gasteiger partial charge in [-0.15, -0.1) is 0 Å². The molecular formula is C17H18F3N3O4S. The van der Waals surface area contributed by atoms with E-state index >= 15 is 0 Å². The highest BCUT2D eigenvalue weighted by Crippen LogP contribution is 2.33. The lowest BCUT2D eigenvalue weighted by Crippen LogP contribution is -2.34. The fourth-order valence-electron chi connectivity index (χ4n) is 2.58. The van der Waals surface area contributed by atoms with Crippen molar-refractivity contribution in [2.24, 2.45) is 5.73 Å². The van der Waals surface area contributed by atoms with Gasteiger partial charge in [-0.1, -0.05) is 12.1 Å². The number of rotatable bonds is 6. The van der Waals surface area contributed by atoms with Crippen LogP contribution in [0.15, 0.2) is 47.4 Å². The average Bonchev–Trinajstić information content (AvgIpc) is 2.60. The zero-order chi connectivity index (χ0) is 21.3. The third kappa shape index (κ3) is 4.66. The molecule has 28 heavy (non-hydrogen) atoms. The van der Waals surface area contributed by atoms with Crippen molar-refractivity contribution in [2.45, 2.75) is 24.0 Å². The van der Waals surface area contributed by atoms with Gasteiger partial charge >= 0.3 is 6.18 Å². The van der Waals surface area contributed by atoms with E-state index in [1.54, 1.807) is 0 Å². The van der Waals surface area contributed by atoms with E-state index in [1.807, 2.05) is 0 Å². The molecule has 0 bridgehead atoms. The highest BCUT2D eigenvalue weighted by Gasteiger charge is 2.33. The number of sulfonamides is 1. The number of nitro benzene ring substituents is 1. The molecule has 0 saturated heterocycles. The van der Waals surface area contributed by atoms with Crippen LogP contribution in [0, 0.1) is 17.0 Å². The van der Waals surface area contributed by atoms with E-state index in [1.165, 1.54) is 26.1 Å². The van der Waals surface area contributed by atoms with Crippen LogP contribution in [0.25, 0.3) is 0 Å². The number of hydrogen-bond acceptors (Lipinski definition) is 5. The molecule has 7 nitrogen and oxygen atoms in total. The van der Waals surface area contributed by atoms with Gasteiger partial charge in [0.1, 0.15) is 0 Å². The number of hydrogen-bond donors (Lipinski definition) is 1. The van der Waals surface area contributed by atoms with E-state index < -0.39 is 32.7 Å². The quantitative estimate of drug-likeness (QED) is 0.574. The lowest BCUT2D eigenvalue weighted by Gasteiger charge is -2.22. The molecule has 0 saturated carbocycles. The van der Waals surface area contributed by atoms with Crippen molar-refractivity contribution in [3.05, 3.63) is 69.3 Å². The Labute approximate surface area is 159 Å². The van der Waals surface area contributed by atoms with E-state index in [4.69, 9.17) is 5.73 Å². The Hall–Kier alpha value is -2.50. The Bertz CT molecular complexity index is 976. The highest BCUT2D eigenvalue weighted by molar-refractivity contribution is 7.89. The van der Waals surface area contributed by atoms with Gasteiger partial charge in [-0.3, -0.25) is 10.1 Å². The average molecular weight is 417 g/mol. The van der Waals surface area contributed by atoms with Crippen LogP contribution in [0.5, 0.6) is 0 Å². The Balaban J connectivity index is 2.23. The van der Waals surface area contributed by atoms with Crippen molar-refractivity contribution in [2.75, 3.05) is 13.6 Å². The summed E-state index contributed by atoms with van der Waals surface area (Å²) < 4.78 is 65.2. The third-order valence-electron chi connectivity index (χ3n) is 4.20. The van der Waals surface area contributed by atoms with Crippen molar-refractivity contribution < 1.29 is 26.5 Å². The van der Waals surface area contributed by atoms with E-state index in [0.29, 0.717) is 0 Å². The lowest BCUT2D eigenvalue weighted by atomic mass is 10.0. The monoisotopic (exact) mass is 417 g/mol. The maximum atomic E-state index is 13.1. The molecule has 0 aliphatic heterocycles. The highest BCUT2D eigenvalue weighted by atomic mass is 32.2. The molecule has 0 aliphatic carbocycles. The normalized spacial score (nSPS) is 13.5. The number of likely N-dealkylation sites (N-methyl/N-ethyl adjacent to an activating group) is 1. The van der Waals surface area contributed by atoms with Crippen LogP contribution in [0.1, 0.15) is 22.7 Å². The summed E-state index contributed by atoms with van der Waals surface area (Å²) in [6.07, 6.45) is -4.55. The molecule has 2 N–H and O–H groups in total. The number of halogens is 3. The molecule has 2 rings (SSSR count). The molecule has 0 radical (unpaired) electrons. The summed E-state index contributed by atoms with van der Waals surface area (Å²) in [7, 11) is -2.79. The molecule has 0 heterocycles. The number of aryl methyl sites for hydroxylation is 1. The van der Waals surface area contributed by atoms with Gasteiger partial charge < -0.3 is 5.73 Å². The fraction of sp³-hybridized carbons (Fsp3) is 0.294. The Kier molecular flexibility index (Phi) is 6.12. The van der Waals surface area contributed by atoms with Crippen LogP contribution in [0.3, 0.4) is 0 Å². The lowest BCUT2D eigenvalue weighted by molar-refractivity contribution is -0.384. The van der Waals surface area contributed by atoms with Gasteiger partial charge in [0, 0.05) is 31.8 Å². The van der Waals surface area contributed by atoms with Crippen molar-refractivity contribution in [3.8, 4) is 0 Å². The van der Waals surface area contributed by atoms with Crippen molar-refractivity contribution in [1.82, 2.24) is 4.31 Å². The third-order valence-corrected chi connectivity index (χ3v) is 6.04. The summed E-state index contributed by atoms with van der Waals surface area (Å²) in [5, 5.41) is 10.7. The first kappa shape index (κ1) is 21.8. The second kappa shape index (κ2) is 7.86. The minimum atomic E-state index is -4.55. The zero-order valence-corrected chi connectivity index (χ0v) is 15.8. The van der Waals surface area contributed by atoms with E-state index in [-0.39, 0.29) is 28.3 Å². The predicted octanol–water partition coefficient (Wildman–Crippen LogP) is 3.24. The van der Waals surface area contributed by atoms with Crippen LogP contribution >= 0.6 is 0 Å². The SMILES string of the molecule is Cc1ccc([C@@H](N)CN(C)S(=O)(=O)c2ccc([N+](=O)[O-])cc2)cc1C(F)(F)F. The maximum Gasteiger partial charge on any atom is 0.416 e. The molecule has 0 aliphatic rings. The fourth-order valence-corrected chi connectivity index (χ4v) is 3.77. The number of nitro groups is 1. The van der Waals surface area contributed by atoms with E-state index in [0.717, 1.165) is 34.6 Å². The molecule has 1 atom stereocenters. The molecule has 0 spiro atoms. The first-order valence-electron chi connectivity index (χ1n) is 7.98. The van der Waals surface area contributed by atoms with Gasteiger partial charge in [0.25, 0.3) is 5.69 Å². The molecular weight excluding hydrogens is 399 g/mol. The predicted molar refractivity (Wildman–Crippen MR) is 96.0 cm³/mol. The smallest absolute Gasteiger partial charge is 0.323 e. The summed E-state index contributed by atoms with van der Waals surface area (Å²) in [5.74, 6) is 0. The number of alkyl halides is 3. The molecule has 0 fully saturated rings. The minimum absolute atomic E-state index is 0.0373. The molecule has 0 unspecified atom stereocenters. The molecule has 0 aromatic heterocycles. The largest absolute Gasteiger partial charge is 0.416 e. The van der Waals surface area contributed by atoms with Crippen LogP contribution in [0.4, 0.5) is 18.9 Å². The second-order valence-electron chi connectivity index (χ2n) is 6.22. The van der Waals surface area contributed by atoms with Gasteiger partial charge in [-0.05, 0) is 36.2 Å². The van der Waals surface area contributed by atoms with Gasteiger partial charge in [0.15, 0.2) is 0 Å². The number of nitrogens with two attached hydrogens (primary N) is 1. The minimum Gasteiger partial charge on any atom is -0.323 e. The maximum absolute atomic E-state index is 13.1. The molecule has 2 aromatic rings. The van der Waals surface area contributed by atoms with Crippen LogP contribution in [-0.2, 0) is 16.2 Å².